The molecular weight excluding hydrogens is 272 g/mol. The lowest BCUT2D eigenvalue weighted by molar-refractivity contribution is 0.211. The first-order chi connectivity index (χ1) is 8.93. The van der Waals surface area contributed by atoms with Crippen LogP contribution in [0.4, 0.5) is 8.78 Å². The number of rotatable bonds is 4. The van der Waals surface area contributed by atoms with Gasteiger partial charge in [0.2, 0.25) is 0 Å². The number of hydrogen-bond donors (Lipinski definition) is 0. The largest absolute Gasteiger partial charge is 0.295 e. The van der Waals surface area contributed by atoms with E-state index in [0.717, 1.165) is 6.07 Å². The maximum atomic E-state index is 13.6. The number of hydrogen-bond acceptors (Lipinski definition) is 3. The Morgan fingerprint density at radius 2 is 2.11 bits per heavy atom. The van der Waals surface area contributed by atoms with Crippen molar-refractivity contribution >= 4 is 9.84 Å². The highest BCUT2D eigenvalue weighted by Crippen LogP contribution is 2.21. The Morgan fingerprint density at radius 3 is 2.68 bits per heavy atom. The van der Waals surface area contributed by atoms with Gasteiger partial charge in [-0.05, 0) is 19.0 Å². The minimum absolute atomic E-state index is 0.0994. The predicted molar refractivity (Wildman–Crippen MR) is 69.5 cm³/mol. The molecule has 1 fully saturated rings. The number of halogens is 2. The van der Waals surface area contributed by atoms with Crippen LogP contribution in [0.5, 0.6) is 0 Å². The summed E-state index contributed by atoms with van der Waals surface area (Å²) in [6.07, 6.45) is 0.563. The Kier molecular flexibility index (Phi) is 4.20. The summed E-state index contributed by atoms with van der Waals surface area (Å²) in [5, 5.41) is 0. The van der Waals surface area contributed by atoms with Crippen LogP contribution >= 0.6 is 0 Å². The standard InChI is InChI=1S/C13H17F2NO2S/c1-2-16(11-6-7-19(17,18)9-11)8-10-4-3-5-12(14)13(10)15/h3-5,11H,2,6-9H2,1H3. The van der Waals surface area contributed by atoms with Crippen molar-refractivity contribution < 1.29 is 17.2 Å². The lowest BCUT2D eigenvalue weighted by Gasteiger charge is -2.26. The van der Waals surface area contributed by atoms with Gasteiger partial charge >= 0.3 is 0 Å². The van der Waals surface area contributed by atoms with Gasteiger partial charge in [-0.15, -0.1) is 0 Å². The number of benzene rings is 1. The second-order valence-corrected chi connectivity index (χ2v) is 7.06. The Hall–Kier alpha value is -1.01. The predicted octanol–water partition coefficient (Wildman–Crippen LogP) is 1.97. The van der Waals surface area contributed by atoms with Crippen LogP contribution in [0.25, 0.3) is 0 Å². The highest BCUT2D eigenvalue weighted by atomic mass is 32.2. The highest BCUT2D eigenvalue weighted by Gasteiger charge is 2.31. The maximum absolute atomic E-state index is 13.6. The van der Waals surface area contributed by atoms with Gasteiger partial charge in [0.15, 0.2) is 21.5 Å². The van der Waals surface area contributed by atoms with Crippen molar-refractivity contribution in [1.82, 2.24) is 4.90 Å². The minimum Gasteiger partial charge on any atom is -0.295 e. The van der Waals surface area contributed by atoms with Gasteiger partial charge in [-0.2, -0.15) is 0 Å². The van der Waals surface area contributed by atoms with E-state index in [2.05, 4.69) is 0 Å². The van der Waals surface area contributed by atoms with Crippen LogP contribution < -0.4 is 0 Å². The molecule has 1 saturated heterocycles. The van der Waals surface area contributed by atoms with E-state index in [1.54, 1.807) is 0 Å². The third kappa shape index (κ3) is 3.30. The van der Waals surface area contributed by atoms with Crippen molar-refractivity contribution in [3.63, 3.8) is 0 Å². The molecule has 19 heavy (non-hydrogen) atoms. The van der Waals surface area contributed by atoms with Crippen molar-refractivity contribution in [2.45, 2.75) is 25.9 Å². The first kappa shape index (κ1) is 14.4. The molecule has 0 radical (unpaired) electrons. The summed E-state index contributed by atoms with van der Waals surface area (Å²) in [6, 6.07) is 3.98. The third-order valence-electron chi connectivity index (χ3n) is 3.54. The molecule has 0 saturated carbocycles. The Labute approximate surface area is 112 Å². The molecule has 0 amide bonds. The van der Waals surface area contributed by atoms with Crippen LogP contribution in [0.1, 0.15) is 18.9 Å². The zero-order chi connectivity index (χ0) is 14.0. The van der Waals surface area contributed by atoms with Crippen molar-refractivity contribution in [3.05, 3.63) is 35.4 Å². The van der Waals surface area contributed by atoms with E-state index >= 15 is 0 Å². The fraction of sp³-hybridized carbons (Fsp3) is 0.538. The zero-order valence-corrected chi connectivity index (χ0v) is 11.6. The fourth-order valence-corrected chi connectivity index (χ4v) is 4.21. The normalized spacial score (nSPS) is 22.0. The lowest BCUT2D eigenvalue weighted by Crippen LogP contribution is -2.35. The van der Waals surface area contributed by atoms with E-state index in [1.165, 1.54) is 12.1 Å². The zero-order valence-electron chi connectivity index (χ0n) is 10.8. The smallest absolute Gasteiger partial charge is 0.163 e. The van der Waals surface area contributed by atoms with Crippen molar-refractivity contribution in [3.8, 4) is 0 Å². The molecule has 106 valence electrons. The van der Waals surface area contributed by atoms with E-state index in [-0.39, 0.29) is 29.7 Å². The molecule has 0 bridgehead atoms. The molecule has 3 nitrogen and oxygen atoms in total. The molecule has 0 aromatic heterocycles. The Morgan fingerprint density at radius 1 is 1.37 bits per heavy atom. The topological polar surface area (TPSA) is 37.4 Å². The molecule has 6 heteroatoms. The lowest BCUT2D eigenvalue weighted by atomic mass is 10.1. The third-order valence-corrected chi connectivity index (χ3v) is 5.29. The van der Waals surface area contributed by atoms with Crippen LogP contribution in [0.3, 0.4) is 0 Å². The van der Waals surface area contributed by atoms with Gasteiger partial charge in [-0.25, -0.2) is 17.2 Å². The van der Waals surface area contributed by atoms with Crippen LogP contribution in [0, 0.1) is 11.6 Å². The molecule has 1 atom stereocenters. The van der Waals surface area contributed by atoms with Crippen molar-refractivity contribution in [1.29, 1.82) is 0 Å². The van der Waals surface area contributed by atoms with Crippen LogP contribution in [-0.4, -0.2) is 37.4 Å². The molecule has 1 aliphatic rings. The van der Waals surface area contributed by atoms with Crippen LogP contribution in [0.2, 0.25) is 0 Å². The summed E-state index contributed by atoms with van der Waals surface area (Å²) >= 11 is 0. The summed E-state index contributed by atoms with van der Waals surface area (Å²) in [5.41, 5.74) is 0.270. The van der Waals surface area contributed by atoms with E-state index < -0.39 is 21.5 Å². The van der Waals surface area contributed by atoms with Gasteiger partial charge in [0.25, 0.3) is 0 Å². The number of nitrogens with zero attached hydrogens (tertiary/aromatic N) is 1. The first-order valence-corrected chi connectivity index (χ1v) is 8.12. The van der Waals surface area contributed by atoms with E-state index in [0.29, 0.717) is 13.0 Å². The van der Waals surface area contributed by atoms with Gasteiger partial charge < -0.3 is 0 Å². The van der Waals surface area contributed by atoms with Gasteiger partial charge in [-0.3, -0.25) is 4.90 Å². The quantitative estimate of drug-likeness (QED) is 0.850. The molecule has 1 unspecified atom stereocenters. The SMILES string of the molecule is CCN(Cc1cccc(F)c1F)C1CCS(=O)(=O)C1. The van der Waals surface area contributed by atoms with E-state index in [4.69, 9.17) is 0 Å². The monoisotopic (exact) mass is 289 g/mol. The molecule has 1 aromatic rings. The molecule has 1 heterocycles. The van der Waals surface area contributed by atoms with Gasteiger partial charge in [0.1, 0.15) is 0 Å². The molecular formula is C13H17F2NO2S. The Bertz CT molecular complexity index is 560. The molecule has 2 rings (SSSR count). The molecule has 0 aliphatic carbocycles. The fourth-order valence-electron chi connectivity index (χ4n) is 2.45. The minimum atomic E-state index is -2.97. The summed E-state index contributed by atoms with van der Waals surface area (Å²) in [6.45, 7) is 2.73. The molecule has 1 aliphatic heterocycles. The van der Waals surface area contributed by atoms with Gasteiger partial charge in [0.05, 0.1) is 11.5 Å². The van der Waals surface area contributed by atoms with Crippen LogP contribution in [-0.2, 0) is 16.4 Å². The van der Waals surface area contributed by atoms with Crippen molar-refractivity contribution in [2.75, 3.05) is 18.1 Å². The summed E-state index contributed by atoms with van der Waals surface area (Å²) < 4.78 is 49.7. The highest BCUT2D eigenvalue weighted by molar-refractivity contribution is 7.91. The van der Waals surface area contributed by atoms with E-state index in [9.17, 15) is 17.2 Å². The summed E-state index contributed by atoms with van der Waals surface area (Å²) in [5.74, 6) is -1.42. The average Bonchev–Trinajstić information content (AvgIpc) is 2.71. The van der Waals surface area contributed by atoms with Crippen molar-refractivity contribution in [2.24, 2.45) is 0 Å². The number of sulfone groups is 1. The van der Waals surface area contributed by atoms with E-state index in [1.807, 2.05) is 11.8 Å². The van der Waals surface area contributed by atoms with Gasteiger partial charge in [-0.1, -0.05) is 19.1 Å². The second-order valence-electron chi connectivity index (χ2n) is 4.83. The average molecular weight is 289 g/mol. The molecule has 0 N–H and O–H groups in total. The molecule has 1 aromatic carbocycles. The van der Waals surface area contributed by atoms with Gasteiger partial charge in [0, 0.05) is 18.2 Å². The summed E-state index contributed by atoms with van der Waals surface area (Å²) in [7, 11) is -2.97. The maximum Gasteiger partial charge on any atom is 0.163 e. The molecule has 0 spiro atoms. The first-order valence-electron chi connectivity index (χ1n) is 6.30. The second kappa shape index (κ2) is 5.54. The Balaban J connectivity index is 2.14. The van der Waals surface area contributed by atoms with Crippen LogP contribution in [0.15, 0.2) is 18.2 Å². The summed E-state index contributed by atoms with van der Waals surface area (Å²) in [4.78, 5) is 1.89.